The lowest BCUT2D eigenvalue weighted by molar-refractivity contribution is -0.384. The summed E-state index contributed by atoms with van der Waals surface area (Å²) < 4.78 is 6.18. The van der Waals surface area contributed by atoms with Crippen molar-refractivity contribution in [2.24, 2.45) is 0 Å². The van der Waals surface area contributed by atoms with Gasteiger partial charge in [0.1, 0.15) is 5.69 Å². The monoisotopic (exact) mass is 275 g/mol. The molecule has 1 aromatic carbocycles. The first-order chi connectivity index (χ1) is 9.54. The van der Waals surface area contributed by atoms with Crippen LogP contribution in [0.15, 0.2) is 30.6 Å². The van der Waals surface area contributed by atoms with Crippen molar-refractivity contribution in [1.29, 1.82) is 0 Å². The normalized spacial score (nSPS) is 10.3. The molecule has 7 nitrogen and oxygen atoms in total. The number of aromatic nitrogens is 2. The molecule has 0 radical (unpaired) electrons. The summed E-state index contributed by atoms with van der Waals surface area (Å²) in [5, 5.41) is 15.1. The summed E-state index contributed by atoms with van der Waals surface area (Å²) in [6.45, 7) is 3.71. The molecule has 7 heteroatoms. The van der Waals surface area contributed by atoms with Crippen LogP contribution in [0.5, 0.6) is 0 Å². The zero-order valence-electron chi connectivity index (χ0n) is 11.1. The molecule has 0 N–H and O–H groups in total. The van der Waals surface area contributed by atoms with E-state index in [-0.39, 0.29) is 17.9 Å². The van der Waals surface area contributed by atoms with E-state index in [4.69, 9.17) is 4.74 Å². The Balaban J connectivity index is 2.47. The van der Waals surface area contributed by atoms with Crippen LogP contribution in [0, 0.1) is 17.0 Å². The van der Waals surface area contributed by atoms with Gasteiger partial charge in [-0.1, -0.05) is 12.1 Å². The lowest BCUT2D eigenvalue weighted by Crippen LogP contribution is -2.04. The Morgan fingerprint density at radius 3 is 2.90 bits per heavy atom. The fourth-order valence-electron chi connectivity index (χ4n) is 1.85. The Kier molecular flexibility index (Phi) is 3.79. The lowest BCUT2D eigenvalue weighted by atomic mass is 10.1. The van der Waals surface area contributed by atoms with E-state index in [1.165, 1.54) is 23.1 Å². The second-order valence-electron chi connectivity index (χ2n) is 4.09. The van der Waals surface area contributed by atoms with Gasteiger partial charge in [-0.2, -0.15) is 5.10 Å². The standard InChI is InChI=1S/C13H13N3O4/c1-3-20-13(17)10-7-14-15(8-10)12-9(2)5-4-6-11(12)16(18)19/h4-8H,3H2,1-2H3. The number of esters is 1. The molecule has 2 aromatic rings. The van der Waals surface area contributed by atoms with E-state index in [1.807, 2.05) is 0 Å². The third-order valence-corrected chi connectivity index (χ3v) is 2.74. The summed E-state index contributed by atoms with van der Waals surface area (Å²) in [5.41, 5.74) is 1.22. The lowest BCUT2D eigenvalue weighted by Gasteiger charge is -2.06. The topological polar surface area (TPSA) is 87.3 Å². The van der Waals surface area contributed by atoms with Crippen molar-refractivity contribution in [3.63, 3.8) is 0 Å². The number of ether oxygens (including phenoxy) is 1. The third kappa shape index (κ3) is 2.51. The highest BCUT2D eigenvalue weighted by atomic mass is 16.6. The number of rotatable bonds is 4. The molecule has 0 aliphatic heterocycles. The molecule has 0 saturated heterocycles. The van der Waals surface area contributed by atoms with Crippen LogP contribution in [0.3, 0.4) is 0 Å². The molecule has 0 spiro atoms. The second-order valence-corrected chi connectivity index (χ2v) is 4.09. The number of hydrogen-bond acceptors (Lipinski definition) is 5. The molecule has 0 bridgehead atoms. The summed E-state index contributed by atoms with van der Waals surface area (Å²) in [7, 11) is 0. The van der Waals surface area contributed by atoms with Crippen molar-refractivity contribution in [2.75, 3.05) is 6.61 Å². The number of carbonyl (C=O) groups is 1. The van der Waals surface area contributed by atoms with Crippen molar-refractivity contribution in [3.05, 3.63) is 51.8 Å². The Morgan fingerprint density at radius 1 is 1.50 bits per heavy atom. The van der Waals surface area contributed by atoms with Crippen LogP contribution in [-0.2, 0) is 4.74 Å². The number of hydrogen-bond donors (Lipinski definition) is 0. The van der Waals surface area contributed by atoms with Gasteiger partial charge in [0.25, 0.3) is 5.69 Å². The van der Waals surface area contributed by atoms with E-state index < -0.39 is 10.9 Å². The van der Waals surface area contributed by atoms with E-state index in [0.717, 1.165) is 0 Å². The maximum atomic E-state index is 11.6. The molecule has 1 heterocycles. The van der Waals surface area contributed by atoms with Gasteiger partial charge in [0, 0.05) is 12.3 Å². The summed E-state index contributed by atoms with van der Waals surface area (Å²) in [5.74, 6) is -0.505. The molecule has 0 fully saturated rings. The summed E-state index contributed by atoms with van der Waals surface area (Å²) >= 11 is 0. The van der Waals surface area contributed by atoms with Gasteiger partial charge in [0.15, 0.2) is 0 Å². The van der Waals surface area contributed by atoms with Gasteiger partial charge >= 0.3 is 5.97 Å². The van der Waals surface area contributed by atoms with Crippen LogP contribution in [0.25, 0.3) is 5.69 Å². The second kappa shape index (κ2) is 5.52. The zero-order valence-corrected chi connectivity index (χ0v) is 11.1. The number of carbonyl (C=O) groups excluding carboxylic acids is 1. The summed E-state index contributed by atoms with van der Waals surface area (Å²) in [4.78, 5) is 22.2. The predicted octanol–water partition coefficient (Wildman–Crippen LogP) is 2.27. The van der Waals surface area contributed by atoms with Crippen LogP contribution < -0.4 is 0 Å². The van der Waals surface area contributed by atoms with Crippen LogP contribution in [0.2, 0.25) is 0 Å². The fourth-order valence-corrected chi connectivity index (χ4v) is 1.85. The maximum absolute atomic E-state index is 11.6. The first kappa shape index (κ1) is 13.7. The number of benzene rings is 1. The van der Waals surface area contributed by atoms with Crippen molar-refractivity contribution in [1.82, 2.24) is 9.78 Å². The summed E-state index contributed by atoms with van der Waals surface area (Å²) in [6, 6.07) is 4.74. The fraction of sp³-hybridized carbons (Fsp3) is 0.231. The Morgan fingerprint density at radius 2 is 2.25 bits per heavy atom. The molecule has 0 aliphatic carbocycles. The Labute approximate surface area is 114 Å². The smallest absolute Gasteiger partial charge is 0.341 e. The number of nitro groups is 1. The highest BCUT2D eigenvalue weighted by Crippen LogP contribution is 2.25. The quantitative estimate of drug-likeness (QED) is 0.485. The van der Waals surface area contributed by atoms with Crippen LogP contribution >= 0.6 is 0 Å². The molecule has 0 aliphatic rings. The zero-order chi connectivity index (χ0) is 14.7. The van der Waals surface area contributed by atoms with Gasteiger partial charge in [-0.3, -0.25) is 10.1 Å². The van der Waals surface area contributed by atoms with Crippen molar-refractivity contribution < 1.29 is 14.5 Å². The number of nitrogens with zero attached hydrogens (tertiary/aromatic N) is 3. The predicted molar refractivity (Wildman–Crippen MR) is 70.9 cm³/mol. The third-order valence-electron chi connectivity index (χ3n) is 2.74. The summed E-state index contributed by atoms with van der Waals surface area (Å²) in [6.07, 6.45) is 2.75. The van der Waals surface area contributed by atoms with E-state index >= 15 is 0 Å². The van der Waals surface area contributed by atoms with Gasteiger partial charge in [-0.25, -0.2) is 9.48 Å². The van der Waals surface area contributed by atoms with Crippen LogP contribution in [0.4, 0.5) is 5.69 Å². The molecule has 20 heavy (non-hydrogen) atoms. The van der Waals surface area contributed by atoms with E-state index in [2.05, 4.69) is 5.10 Å². The minimum absolute atomic E-state index is 0.0662. The highest BCUT2D eigenvalue weighted by molar-refractivity contribution is 5.88. The van der Waals surface area contributed by atoms with Gasteiger partial charge in [-0.15, -0.1) is 0 Å². The molecule has 0 unspecified atom stereocenters. The first-order valence-electron chi connectivity index (χ1n) is 6.00. The van der Waals surface area contributed by atoms with E-state index in [1.54, 1.807) is 26.0 Å². The van der Waals surface area contributed by atoms with Crippen molar-refractivity contribution in [2.45, 2.75) is 13.8 Å². The highest BCUT2D eigenvalue weighted by Gasteiger charge is 2.19. The Bertz CT molecular complexity index is 663. The molecule has 0 saturated carbocycles. The average Bonchev–Trinajstić information content (AvgIpc) is 2.88. The molecule has 0 atom stereocenters. The average molecular weight is 275 g/mol. The molecule has 0 amide bonds. The van der Waals surface area contributed by atoms with Gasteiger partial charge in [0.2, 0.25) is 0 Å². The van der Waals surface area contributed by atoms with Crippen LogP contribution in [-0.4, -0.2) is 27.3 Å². The minimum atomic E-state index is -0.505. The Hall–Kier alpha value is -2.70. The van der Waals surface area contributed by atoms with E-state index in [9.17, 15) is 14.9 Å². The number of aryl methyl sites for hydroxylation is 1. The largest absolute Gasteiger partial charge is 0.462 e. The van der Waals surface area contributed by atoms with Gasteiger partial charge < -0.3 is 4.74 Å². The van der Waals surface area contributed by atoms with Crippen molar-refractivity contribution in [3.8, 4) is 5.69 Å². The van der Waals surface area contributed by atoms with Gasteiger partial charge in [0.05, 0.1) is 23.3 Å². The molecule has 2 rings (SSSR count). The van der Waals surface area contributed by atoms with Gasteiger partial charge in [-0.05, 0) is 19.4 Å². The van der Waals surface area contributed by atoms with Crippen molar-refractivity contribution >= 4 is 11.7 Å². The number of para-hydroxylation sites is 1. The SMILES string of the molecule is CCOC(=O)c1cnn(-c2c(C)cccc2[N+](=O)[O-])c1. The molecule has 104 valence electrons. The first-order valence-corrected chi connectivity index (χ1v) is 6.00. The molecular formula is C13H13N3O4. The molecular weight excluding hydrogens is 262 g/mol. The maximum Gasteiger partial charge on any atom is 0.341 e. The number of nitro benzene ring substituents is 1. The van der Waals surface area contributed by atoms with E-state index in [0.29, 0.717) is 11.3 Å². The molecule has 1 aromatic heterocycles. The minimum Gasteiger partial charge on any atom is -0.462 e. The van der Waals surface area contributed by atoms with Crippen LogP contribution in [0.1, 0.15) is 22.8 Å².